The summed E-state index contributed by atoms with van der Waals surface area (Å²) in [6.45, 7) is 2.61. The second-order valence-corrected chi connectivity index (χ2v) is 5.99. The first-order valence-corrected chi connectivity index (χ1v) is 9.10. The summed E-state index contributed by atoms with van der Waals surface area (Å²) in [5, 5.41) is 9.14. The predicted molar refractivity (Wildman–Crippen MR) is 109 cm³/mol. The molecule has 0 unspecified atom stereocenters. The summed E-state index contributed by atoms with van der Waals surface area (Å²) in [6.07, 6.45) is 0.802. The van der Waals surface area contributed by atoms with Crippen molar-refractivity contribution in [3.63, 3.8) is 0 Å². The quantitative estimate of drug-likeness (QED) is 0.359. The van der Waals surface area contributed by atoms with E-state index < -0.39 is 0 Å². The molecule has 0 heterocycles. The second-order valence-electron chi connectivity index (χ2n) is 5.99. The Balaban J connectivity index is 1.65. The molecule has 0 fully saturated rings. The Morgan fingerprint density at radius 1 is 1.00 bits per heavy atom. The third-order valence-electron chi connectivity index (χ3n) is 4.00. The Labute approximate surface area is 161 Å². The van der Waals surface area contributed by atoms with Crippen LogP contribution in [0.4, 0.5) is 0 Å². The number of hydrogen-bond donors (Lipinski definition) is 3. The molecule has 0 aliphatic rings. The highest BCUT2D eigenvalue weighted by Gasteiger charge is 2.04. The van der Waals surface area contributed by atoms with E-state index in [1.54, 1.807) is 14.1 Å². The molecule has 2 aromatic rings. The maximum Gasteiger partial charge on any atom is 0.251 e. The lowest BCUT2D eigenvalue weighted by Crippen LogP contribution is -2.39. The Hall–Kier alpha value is -2.86. The van der Waals surface area contributed by atoms with Gasteiger partial charge in [-0.25, -0.2) is 0 Å². The summed E-state index contributed by atoms with van der Waals surface area (Å²) in [5.41, 5.74) is 2.94. The van der Waals surface area contributed by atoms with Gasteiger partial charge in [0.05, 0.1) is 13.2 Å². The molecule has 0 aromatic heterocycles. The Kier molecular flexibility index (Phi) is 8.86. The summed E-state index contributed by atoms with van der Waals surface area (Å²) >= 11 is 0. The van der Waals surface area contributed by atoms with Gasteiger partial charge >= 0.3 is 0 Å². The van der Waals surface area contributed by atoms with Crippen molar-refractivity contribution in [2.24, 2.45) is 4.99 Å². The molecule has 6 nitrogen and oxygen atoms in total. The van der Waals surface area contributed by atoms with E-state index in [-0.39, 0.29) is 5.91 Å². The summed E-state index contributed by atoms with van der Waals surface area (Å²) in [7, 11) is 3.38. The van der Waals surface area contributed by atoms with Crippen LogP contribution < -0.4 is 16.0 Å². The summed E-state index contributed by atoms with van der Waals surface area (Å²) in [4.78, 5) is 15.9. The van der Waals surface area contributed by atoms with Crippen molar-refractivity contribution in [3.8, 4) is 0 Å². The van der Waals surface area contributed by atoms with Crippen molar-refractivity contribution < 1.29 is 9.53 Å². The van der Waals surface area contributed by atoms with Crippen LogP contribution >= 0.6 is 0 Å². The molecule has 1 amide bonds. The van der Waals surface area contributed by atoms with Gasteiger partial charge in [0, 0.05) is 32.7 Å². The maximum atomic E-state index is 11.7. The lowest BCUT2D eigenvalue weighted by Gasteiger charge is -2.12. The molecule has 0 aliphatic carbocycles. The third kappa shape index (κ3) is 7.50. The Bertz CT molecular complexity index is 732. The number of carbonyl (C=O) groups excluding carboxylic acids is 1. The minimum absolute atomic E-state index is 0.0715. The van der Waals surface area contributed by atoms with Crippen LogP contribution in [0.25, 0.3) is 0 Å². The first kappa shape index (κ1) is 20.5. The van der Waals surface area contributed by atoms with Gasteiger partial charge in [-0.3, -0.25) is 9.79 Å². The fourth-order valence-electron chi connectivity index (χ4n) is 2.56. The minimum atomic E-state index is -0.0715. The van der Waals surface area contributed by atoms with Gasteiger partial charge in [0.25, 0.3) is 5.91 Å². The first-order valence-electron chi connectivity index (χ1n) is 9.10. The van der Waals surface area contributed by atoms with E-state index in [9.17, 15) is 4.79 Å². The standard InChI is InChI=1S/C21H28N4O2/c1-22-20(26)19-10-6-9-17(15-19)11-12-24-21(23-2)25-13-14-27-16-18-7-4-3-5-8-18/h3-10,15H,11-14,16H2,1-2H3,(H,22,26)(H2,23,24,25). The number of guanidine groups is 1. The molecule has 0 saturated heterocycles. The highest BCUT2D eigenvalue weighted by molar-refractivity contribution is 5.94. The van der Waals surface area contributed by atoms with Crippen LogP contribution in [0, 0.1) is 0 Å². The third-order valence-corrected chi connectivity index (χ3v) is 4.00. The van der Waals surface area contributed by atoms with Crippen LogP contribution in [0.5, 0.6) is 0 Å². The highest BCUT2D eigenvalue weighted by Crippen LogP contribution is 2.05. The normalized spacial score (nSPS) is 11.1. The molecule has 3 N–H and O–H groups in total. The van der Waals surface area contributed by atoms with Crippen molar-refractivity contribution in [3.05, 3.63) is 71.3 Å². The van der Waals surface area contributed by atoms with Gasteiger partial charge in [-0.1, -0.05) is 42.5 Å². The number of nitrogens with zero attached hydrogens (tertiary/aromatic N) is 1. The number of carbonyl (C=O) groups is 1. The smallest absolute Gasteiger partial charge is 0.251 e. The Morgan fingerprint density at radius 2 is 1.74 bits per heavy atom. The molecule has 2 rings (SSSR count). The fourth-order valence-corrected chi connectivity index (χ4v) is 2.56. The number of aliphatic imine (C=N–C) groups is 1. The van der Waals surface area contributed by atoms with Gasteiger partial charge < -0.3 is 20.7 Å². The molecular weight excluding hydrogens is 340 g/mol. The number of rotatable bonds is 9. The number of hydrogen-bond acceptors (Lipinski definition) is 3. The summed E-state index contributed by atoms with van der Waals surface area (Å²) in [5.74, 6) is 0.665. The second kappa shape index (κ2) is 11.7. The predicted octanol–water partition coefficient (Wildman–Crippen LogP) is 1.97. The number of amides is 1. The van der Waals surface area contributed by atoms with E-state index in [1.165, 1.54) is 5.56 Å². The summed E-state index contributed by atoms with van der Waals surface area (Å²) < 4.78 is 5.65. The lowest BCUT2D eigenvalue weighted by molar-refractivity contribution is 0.0963. The molecule has 0 aliphatic heterocycles. The van der Waals surface area contributed by atoms with Gasteiger partial charge in [0.15, 0.2) is 5.96 Å². The van der Waals surface area contributed by atoms with Crippen molar-refractivity contribution in [1.29, 1.82) is 0 Å². The van der Waals surface area contributed by atoms with Gasteiger partial charge in [-0.2, -0.15) is 0 Å². The van der Waals surface area contributed by atoms with Crippen molar-refractivity contribution in [1.82, 2.24) is 16.0 Å². The zero-order valence-electron chi connectivity index (χ0n) is 16.0. The molecule has 2 aromatic carbocycles. The van der Waals surface area contributed by atoms with E-state index in [1.807, 2.05) is 54.6 Å². The van der Waals surface area contributed by atoms with Gasteiger partial charge in [0.1, 0.15) is 0 Å². The van der Waals surface area contributed by atoms with Crippen LogP contribution in [-0.2, 0) is 17.8 Å². The largest absolute Gasteiger partial charge is 0.375 e. The molecule has 0 atom stereocenters. The Morgan fingerprint density at radius 3 is 2.48 bits per heavy atom. The highest BCUT2D eigenvalue weighted by atomic mass is 16.5. The van der Waals surface area contributed by atoms with Crippen molar-refractivity contribution >= 4 is 11.9 Å². The average Bonchev–Trinajstić information content (AvgIpc) is 2.72. The molecule has 0 radical (unpaired) electrons. The van der Waals surface area contributed by atoms with Crippen LogP contribution in [-0.4, -0.2) is 45.7 Å². The van der Waals surface area contributed by atoms with E-state index in [0.29, 0.717) is 25.3 Å². The average molecular weight is 368 g/mol. The number of benzene rings is 2. The molecule has 0 spiro atoms. The SMILES string of the molecule is CN=C(NCCOCc1ccccc1)NCCc1cccc(C(=O)NC)c1. The molecule has 144 valence electrons. The topological polar surface area (TPSA) is 74.8 Å². The van der Waals surface area contributed by atoms with Crippen LogP contribution in [0.15, 0.2) is 59.6 Å². The van der Waals surface area contributed by atoms with Crippen LogP contribution in [0.1, 0.15) is 21.5 Å². The number of ether oxygens (including phenoxy) is 1. The molecule has 0 saturated carbocycles. The van der Waals surface area contributed by atoms with E-state index in [4.69, 9.17) is 4.74 Å². The maximum absolute atomic E-state index is 11.7. The molecule has 6 heteroatoms. The monoisotopic (exact) mass is 368 g/mol. The molecule has 27 heavy (non-hydrogen) atoms. The lowest BCUT2D eigenvalue weighted by atomic mass is 10.1. The van der Waals surface area contributed by atoms with Gasteiger partial charge in [-0.05, 0) is 29.7 Å². The van der Waals surface area contributed by atoms with Gasteiger partial charge in [0.2, 0.25) is 0 Å². The van der Waals surface area contributed by atoms with Crippen LogP contribution in [0.2, 0.25) is 0 Å². The summed E-state index contributed by atoms with van der Waals surface area (Å²) in [6, 6.07) is 17.7. The molecule has 0 bridgehead atoms. The van der Waals surface area contributed by atoms with Crippen molar-refractivity contribution in [2.45, 2.75) is 13.0 Å². The van der Waals surface area contributed by atoms with Crippen LogP contribution in [0.3, 0.4) is 0 Å². The zero-order valence-corrected chi connectivity index (χ0v) is 16.0. The van der Waals surface area contributed by atoms with Gasteiger partial charge in [-0.15, -0.1) is 0 Å². The molecular formula is C21H28N4O2. The minimum Gasteiger partial charge on any atom is -0.375 e. The van der Waals surface area contributed by atoms with E-state index >= 15 is 0 Å². The first-order chi connectivity index (χ1) is 13.2. The zero-order chi connectivity index (χ0) is 19.3. The van der Waals surface area contributed by atoms with Crippen molar-refractivity contribution in [2.75, 3.05) is 33.8 Å². The van der Waals surface area contributed by atoms with E-state index in [2.05, 4.69) is 20.9 Å². The number of nitrogens with one attached hydrogen (secondary N) is 3. The van der Waals surface area contributed by atoms with E-state index in [0.717, 1.165) is 24.5 Å². The fraction of sp³-hybridized carbons (Fsp3) is 0.333.